The normalized spacial score (nSPS) is 20.1. The Kier molecular flexibility index (Phi) is 4.12. The molecule has 0 unspecified atom stereocenters. The first-order valence-electron chi connectivity index (χ1n) is 6.76. The highest BCUT2D eigenvalue weighted by Gasteiger charge is 2.29. The molecule has 1 aromatic rings. The van der Waals surface area contributed by atoms with Gasteiger partial charge < -0.3 is 15.0 Å². The lowest BCUT2D eigenvalue weighted by Gasteiger charge is -2.42. The van der Waals surface area contributed by atoms with E-state index in [0.29, 0.717) is 0 Å². The van der Waals surface area contributed by atoms with Gasteiger partial charge in [-0.15, -0.1) is 0 Å². The van der Waals surface area contributed by atoms with E-state index < -0.39 is 0 Å². The van der Waals surface area contributed by atoms with E-state index in [9.17, 15) is 0 Å². The van der Waals surface area contributed by atoms with Gasteiger partial charge in [0.05, 0.1) is 12.8 Å². The molecule has 0 atom stereocenters. The first-order valence-corrected chi connectivity index (χ1v) is 6.76. The number of para-hydroxylation sites is 2. The number of anilines is 1. The van der Waals surface area contributed by atoms with Gasteiger partial charge in [-0.25, -0.2) is 0 Å². The highest BCUT2D eigenvalue weighted by molar-refractivity contribution is 5.60. The lowest BCUT2D eigenvalue weighted by molar-refractivity contribution is 0.373. The summed E-state index contributed by atoms with van der Waals surface area (Å²) < 4.78 is 5.51. The zero-order valence-electron chi connectivity index (χ0n) is 11.7. The van der Waals surface area contributed by atoms with Crippen molar-refractivity contribution in [2.75, 3.05) is 31.6 Å². The molecule has 0 bridgehead atoms. The molecule has 2 rings (SSSR count). The SMILES string of the molecule is COc1ccccc1N1CCCNCCC1(C)C. The standard InChI is InChI=1S/C15H24N2O/c1-15(2)9-11-16-10-6-12-17(15)13-7-4-5-8-14(13)18-3/h4-5,7-8,16H,6,9-12H2,1-3H3. The van der Waals surface area contributed by atoms with Crippen molar-refractivity contribution in [3.63, 3.8) is 0 Å². The van der Waals surface area contributed by atoms with Gasteiger partial charge in [-0.1, -0.05) is 12.1 Å². The second kappa shape index (κ2) is 5.61. The van der Waals surface area contributed by atoms with E-state index in [4.69, 9.17) is 4.74 Å². The predicted octanol–water partition coefficient (Wildman–Crippen LogP) is 2.66. The number of benzene rings is 1. The summed E-state index contributed by atoms with van der Waals surface area (Å²) in [6.45, 7) is 7.87. The van der Waals surface area contributed by atoms with Gasteiger partial charge in [0.25, 0.3) is 0 Å². The highest BCUT2D eigenvalue weighted by Crippen LogP contribution is 2.34. The number of nitrogens with zero attached hydrogens (tertiary/aromatic N) is 1. The fourth-order valence-corrected chi connectivity index (χ4v) is 2.62. The van der Waals surface area contributed by atoms with Gasteiger partial charge in [-0.3, -0.25) is 0 Å². The van der Waals surface area contributed by atoms with Crippen LogP contribution >= 0.6 is 0 Å². The van der Waals surface area contributed by atoms with Gasteiger partial charge in [0, 0.05) is 12.1 Å². The molecule has 1 aliphatic heterocycles. The first kappa shape index (κ1) is 13.2. The molecule has 0 radical (unpaired) electrons. The molecule has 0 amide bonds. The maximum Gasteiger partial charge on any atom is 0.142 e. The molecule has 1 aliphatic rings. The van der Waals surface area contributed by atoms with Crippen molar-refractivity contribution >= 4 is 5.69 Å². The Labute approximate surface area is 110 Å². The van der Waals surface area contributed by atoms with Gasteiger partial charge in [-0.2, -0.15) is 0 Å². The number of ether oxygens (including phenoxy) is 1. The molecule has 1 N–H and O–H groups in total. The Morgan fingerprint density at radius 3 is 2.78 bits per heavy atom. The molecule has 0 saturated carbocycles. The van der Waals surface area contributed by atoms with Crippen LogP contribution in [0.2, 0.25) is 0 Å². The molecule has 0 spiro atoms. The number of nitrogens with one attached hydrogen (secondary N) is 1. The van der Waals surface area contributed by atoms with Crippen LogP contribution in [0.4, 0.5) is 5.69 Å². The topological polar surface area (TPSA) is 24.5 Å². The van der Waals surface area contributed by atoms with Crippen molar-refractivity contribution in [2.45, 2.75) is 32.2 Å². The van der Waals surface area contributed by atoms with E-state index in [1.807, 2.05) is 12.1 Å². The van der Waals surface area contributed by atoms with Crippen molar-refractivity contribution in [3.8, 4) is 5.75 Å². The second-order valence-corrected chi connectivity index (χ2v) is 5.49. The van der Waals surface area contributed by atoms with Gasteiger partial charge in [0.1, 0.15) is 5.75 Å². The maximum absolute atomic E-state index is 5.51. The van der Waals surface area contributed by atoms with Crippen LogP contribution in [0.5, 0.6) is 5.75 Å². The smallest absolute Gasteiger partial charge is 0.142 e. The van der Waals surface area contributed by atoms with Crippen LogP contribution < -0.4 is 15.0 Å². The van der Waals surface area contributed by atoms with Crippen LogP contribution in [0, 0.1) is 0 Å². The zero-order valence-corrected chi connectivity index (χ0v) is 11.7. The monoisotopic (exact) mass is 248 g/mol. The van der Waals surface area contributed by atoms with E-state index in [0.717, 1.165) is 31.8 Å². The number of methoxy groups -OCH3 is 1. The Bertz CT molecular complexity index is 390. The second-order valence-electron chi connectivity index (χ2n) is 5.49. The molecule has 1 saturated heterocycles. The quantitative estimate of drug-likeness (QED) is 0.871. The molecular formula is C15H24N2O. The zero-order chi connectivity index (χ0) is 13.0. The summed E-state index contributed by atoms with van der Waals surface area (Å²) >= 11 is 0. The Balaban J connectivity index is 2.32. The van der Waals surface area contributed by atoms with Crippen LogP contribution in [0.15, 0.2) is 24.3 Å². The largest absolute Gasteiger partial charge is 0.495 e. The Morgan fingerprint density at radius 2 is 2.00 bits per heavy atom. The van der Waals surface area contributed by atoms with E-state index in [1.165, 1.54) is 12.1 Å². The molecule has 18 heavy (non-hydrogen) atoms. The first-order chi connectivity index (χ1) is 8.65. The molecule has 100 valence electrons. The van der Waals surface area contributed by atoms with Crippen molar-refractivity contribution in [2.24, 2.45) is 0 Å². The summed E-state index contributed by atoms with van der Waals surface area (Å²) in [4.78, 5) is 2.49. The molecule has 1 heterocycles. The third-order valence-corrected chi connectivity index (χ3v) is 3.76. The van der Waals surface area contributed by atoms with Crippen LogP contribution in [0.3, 0.4) is 0 Å². The lowest BCUT2D eigenvalue weighted by Crippen LogP contribution is -2.49. The summed E-state index contributed by atoms with van der Waals surface area (Å²) in [6.07, 6.45) is 2.31. The summed E-state index contributed by atoms with van der Waals surface area (Å²) in [5.41, 5.74) is 1.37. The van der Waals surface area contributed by atoms with Crippen molar-refractivity contribution in [1.29, 1.82) is 0 Å². The molecule has 3 nitrogen and oxygen atoms in total. The number of hydrogen-bond donors (Lipinski definition) is 1. The summed E-state index contributed by atoms with van der Waals surface area (Å²) in [6, 6.07) is 8.32. The fourth-order valence-electron chi connectivity index (χ4n) is 2.62. The minimum absolute atomic E-state index is 0.155. The molecule has 0 aromatic heterocycles. The average molecular weight is 248 g/mol. The Morgan fingerprint density at radius 1 is 1.22 bits per heavy atom. The fraction of sp³-hybridized carbons (Fsp3) is 0.600. The number of rotatable bonds is 2. The summed E-state index contributed by atoms with van der Waals surface area (Å²) in [5.74, 6) is 0.971. The molecular weight excluding hydrogens is 224 g/mol. The minimum Gasteiger partial charge on any atom is -0.495 e. The van der Waals surface area contributed by atoms with E-state index >= 15 is 0 Å². The average Bonchev–Trinajstić information content (AvgIpc) is 2.35. The van der Waals surface area contributed by atoms with Crippen molar-refractivity contribution < 1.29 is 4.74 Å². The number of hydrogen-bond acceptors (Lipinski definition) is 3. The Hall–Kier alpha value is -1.22. The van der Waals surface area contributed by atoms with Crippen LogP contribution in [-0.2, 0) is 0 Å². The molecule has 1 aromatic carbocycles. The van der Waals surface area contributed by atoms with E-state index in [1.54, 1.807) is 7.11 Å². The van der Waals surface area contributed by atoms with Crippen molar-refractivity contribution in [1.82, 2.24) is 5.32 Å². The third-order valence-electron chi connectivity index (χ3n) is 3.76. The van der Waals surface area contributed by atoms with Crippen LogP contribution in [0.25, 0.3) is 0 Å². The lowest BCUT2D eigenvalue weighted by atomic mass is 9.95. The van der Waals surface area contributed by atoms with Gasteiger partial charge in [0.15, 0.2) is 0 Å². The summed E-state index contributed by atoms with van der Waals surface area (Å²) in [7, 11) is 1.75. The highest BCUT2D eigenvalue weighted by atomic mass is 16.5. The van der Waals surface area contributed by atoms with Gasteiger partial charge in [-0.05, 0) is 51.9 Å². The molecule has 0 aliphatic carbocycles. The predicted molar refractivity (Wildman–Crippen MR) is 76.5 cm³/mol. The van der Waals surface area contributed by atoms with Gasteiger partial charge in [0.2, 0.25) is 0 Å². The van der Waals surface area contributed by atoms with Crippen LogP contribution in [-0.4, -0.2) is 32.3 Å². The van der Waals surface area contributed by atoms with E-state index in [2.05, 4.69) is 36.2 Å². The van der Waals surface area contributed by atoms with Crippen molar-refractivity contribution in [3.05, 3.63) is 24.3 Å². The third kappa shape index (κ3) is 2.78. The minimum atomic E-state index is 0.155. The summed E-state index contributed by atoms with van der Waals surface area (Å²) in [5, 5.41) is 3.49. The maximum atomic E-state index is 5.51. The van der Waals surface area contributed by atoms with Crippen LogP contribution in [0.1, 0.15) is 26.7 Å². The molecule has 1 fully saturated rings. The molecule has 3 heteroatoms. The van der Waals surface area contributed by atoms with Gasteiger partial charge >= 0.3 is 0 Å². The van der Waals surface area contributed by atoms with E-state index in [-0.39, 0.29) is 5.54 Å².